The maximum absolute atomic E-state index is 5.62. The van der Waals surface area contributed by atoms with Crippen molar-refractivity contribution >= 4 is 0 Å². The van der Waals surface area contributed by atoms with Crippen LogP contribution in [0.5, 0.6) is 5.75 Å². The Kier molecular flexibility index (Phi) is 2.03. The molecule has 1 atom stereocenters. The fourth-order valence-corrected chi connectivity index (χ4v) is 1.75. The van der Waals surface area contributed by atoms with Crippen LogP contribution in [0.1, 0.15) is 31.2 Å². The van der Waals surface area contributed by atoms with Crippen molar-refractivity contribution in [3.63, 3.8) is 0 Å². The number of ether oxygens (including phenoxy) is 1. The van der Waals surface area contributed by atoms with Crippen LogP contribution in [0.3, 0.4) is 0 Å². The minimum atomic E-state index is 0.656. The summed E-state index contributed by atoms with van der Waals surface area (Å²) in [5, 5.41) is 0. The van der Waals surface area contributed by atoms with E-state index < -0.39 is 0 Å². The lowest BCUT2D eigenvalue weighted by molar-refractivity contribution is 0.316. The van der Waals surface area contributed by atoms with Crippen molar-refractivity contribution in [3.8, 4) is 5.75 Å². The number of hydrogen-bond donors (Lipinski definition) is 0. The fraction of sp³-hybridized carbons (Fsp3) is 0.455. The summed E-state index contributed by atoms with van der Waals surface area (Å²) in [5.74, 6) is 1.74. The summed E-state index contributed by atoms with van der Waals surface area (Å²) in [4.78, 5) is 0. The highest BCUT2D eigenvalue weighted by Crippen LogP contribution is 2.31. The predicted octanol–water partition coefficient (Wildman–Crippen LogP) is 2.96. The molecule has 12 heavy (non-hydrogen) atoms. The van der Waals surface area contributed by atoms with Crippen LogP contribution < -0.4 is 4.74 Å². The molecule has 64 valence electrons. The second kappa shape index (κ2) is 3.18. The first kappa shape index (κ1) is 7.66. The molecule has 1 aromatic rings. The van der Waals surface area contributed by atoms with Gasteiger partial charge in [-0.05, 0) is 30.4 Å². The molecule has 2 rings (SSSR count). The van der Waals surface area contributed by atoms with Gasteiger partial charge in [0.15, 0.2) is 0 Å². The van der Waals surface area contributed by atoms with Gasteiger partial charge in [-0.3, -0.25) is 0 Å². The molecule has 0 radical (unpaired) electrons. The molecular formula is C11H14O. The molecule has 0 saturated carbocycles. The summed E-state index contributed by atoms with van der Waals surface area (Å²) in [6.45, 7) is 3.15. The number of hydrogen-bond acceptors (Lipinski definition) is 1. The molecule has 1 aromatic carbocycles. The number of rotatable bonds is 0. The monoisotopic (exact) mass is 162 g/mol. The van der Waals surface area contributed by atoms with Gasteiger partial charge in [-0.1, -0.05) is 25.1 Å². The highest BCUT2D eigenvalue weighted by Gasteiger charge is 2.14. The molecular weight excluding hydrogens is 148 g/mol. The van der Waals surface area contributed by atoms with Crippen LogP contribution in [0.25, 0.3) is 0 Å². The van der Waals surface area contributed by atoms with Gasteiger partial charge < -0.3 is 4.74 Å². The van der Waals surface area contributed by atoms with E-state index in [1.54, 1.807) is 0 Å². The van der Waals surface area contributed by atoms with E-state index in [9.17, 15) is 0 Å². The van der Waals surface area contributed by atoms with Gasteiger partial charge in [0.2, 0.25) is 0 Å². The van der Waals surface area contributed by atoms with Crippen LogP contribution in [0, 0.1) is 0 Å². The van der Waals surface area contributed by atoms with Gasteiger partial charge in [-0.2, -0.15) is 0 Å². The SMILES string of the molecule is CC1CCCOc2ccccc21. The topological polar surface area (TPSA) is 9.23 Å². The maximum Gasteiger partial charge on any atom is 0.122 e. The quantitative estimate of drug-likeness (QED) is 0.570. The summed E-state index contributed by atoms with van der Waals surface area (Å²) < 4.78 is 5.62. The molecule has 0 saturated heterocycles. The van der Waals surface area contributed by atoms with Crippen LogP contribution in [-0.2, 0) is 0 Å². The molecule has 0 amide bonds. The standard InChI is InChI=1S/C11H14O/c1-9-5-4-8-12-11-7-3-2-6-10(9)11/h2-3,6-7,9H,4-5,8H2,1H3. The van der Waals surface area contributed by atoms with Crippen LogP contribution >= 0.6 is 0 Å². The molecule has 1 aliphatic heterocycles. The Hall–Kier alpha value is -0.980. The van der Waals surface area contributed by atoms with Gasteiger partial charge in [-0.25, -0.2) is 0 Å². The molecule has 1 heterocycles. The molecule has 0 aromatic heterocycles. The summed E-state index contributed by atoms with van der Waals surface area (Å²) in [7, 11) is 0. The molecule has 0 bridgehead atoms. The van der Waals surface area contributed by atoms with Crippen molar-refractivity contribution in [2.24, 2.45) is 0 Å². The van der Waals surface area contributed by atoms with E-state index in [1.165, 1.54) is 18.4 Å². The Morgan fingerprint density at radius 2 is 2.17 bits per heavy atom. The average molecular weight is 162 g/mol. The summed E-state index contributed by atoms with van der Waals surface area (Å²) in [6.07, 6.45) is 2.42. The minimum absolute atomic E-state index is 0.656. The molecule has 0 N–H and O–H groups in total. The highest BCUT2D eigenvalue weighted by molar-refractivity contribution is 5.36. The van der Waals surface area contributed by atoms with Crippen LogP contribution in [0.4, 0.5) is 0 Å². The Morgan fingerprint density at radius 3 is 3.08 bits per heavy atom. The Morgan fingerprint density at radius 1 is 1.33 bits per heavy atom. The first-order valence-electron chi connectivity index (χ1n) is 4.59. The van der Waals surface area contributed by atoms with E-state index in [1.807, 2.05) is 6.07 Å². The first-order valence-corrected chi connectivity index (χ1v) is 4.59. The smallest absolute Gasteiger partial charge is 0.122 e. The zero-order valence-corrected chi connectivity index (χ0v) is 7.42. The normalized spacial score (nSPS) is 22.2. The molecule has 1 unspecified atom stereocenters. The van der Waals surface area contributed by atoms with E-state index >= 15 is 0 Å². The average Bonchev–Trinajstić information content (AvgIpc) is 2.29. The lowest BCUT2D eigenvalue weighted by Gasteiger charge is -2.10. The molecule has 1 nitrogen and oxygen atoms in total. The van der Waals surface area contributed by atoms with Crippen molar-refractivity contribution in [2.75, 3.05) is 6.61 Å². The molecule has 0 spiro atoms. The van der Waals surface area contributed by atoms with Crippen molar-refractivity contribution in [1.29, 1.82) is 0 Å². The molecule has 1 aliphatic rings. The van der Waals surface area contributed by atoms with E-state index in [2.05, 4.69) is 25.1 Å². The second-order valence-electron chi connectivity index (χ2n) is 3.43. The molecule has 0 fully saturated rings. The van der Waals surface area contributed by atoms with Gasteiger partial charge >= 0.3 is 0 Å². The zero-order chi connectivity index (χ0) is 8.39. The van der Waals surface area contributed by atoms with Gasteiger partial charge in [0, 0.05) is 0 Å². The van der Waals surface area contributed by atoms with Gasteiger partial charge in [-0.15, -0.1) is 0 Å². The van der Waals surface area contributed by atoms with Crippen molar-refractivity contribution in [3.05, 3.63) is 29.8 Å². The van der Waals surface area contributed by atoms with Crippen molar-refractivity contribution in [1.82, 2.24) is 0 Å². The Labute approximate surface area is 73.4 Å². The maximum atomic E-state index is 5.62. The third kappa shape index (κ3) is 1.31. The summed E-state index contributed by atoms with van der Waals surface area (Å²) >= 11 is 0. The minimum Gasteiger partial charge on any atom is -0.493 e. The largest absolute Gasteiger partial charge is 0.493 e. The number of benzene rings is 1. The lowest BCUT2D eigenvalue weighted by Crippen LogP contribution is -1.93. The van der Waals surface area contributed by atoms with Crippen molar-refractivity contribution in [2.45, 2.75) is 25.7 Å². The fourth-order valence-electron chi connectivity index (χ4n) is 1.75. The Bertz CT molecular complexity index is 267. The van der Waals surface area contributed by atoms with Crippen LogP contribution in [0.2, 0.25) is 0 Å². The highest BCUT2D eigenvalue weighted by atomic mass is 16.5. The third-order valence-electron chi connectivity index (χ3n) is 2.49. The van der Waals surface area contributed by atoms with E-state index in [4.69, 9.17) is 4.74 Å². The first-order chi connectivity index (χ1) is 5.88. The lowest BCUT2D eigenvalue weighted by atomic mass is 9.97. The summed E-state index contributed by atoms with van der Waals surface area (Å²) in [6, 6.07) is 8.36. The second-order valence-corrected chi connectivity index (χ2v) is 3.43. The van der Waals surface area contributed by atoms with Gasteiger partial charge in [0.25, 0.3) is 0 Å². The van der Waals surface area contributed by atoms with Gasteiger partial charge in [0.05, 0.1) is 6.61 Å². The molecule has 1 heteroatoms. The van der Waals surface area contributed by atoms with Crippen LogP contribution in [0.15, 0.2) is 24.3 Å². The molecule has 0 aliphatic carbocycles. The third-order valence-corrected chi connectivity index (χ3v) is 2.49. The number of para-hydroxylation sites is 1. The predicted molar refractivity (Wildman–Crippen MR) is 49.6 cm³/mol. The van der Waals surface area contributed by atoms with Gasteiger partial charge in [0.1, 0.15) is 5.75 Å². The van der Waals surface area contributed by atoms with Crippen LogP contribution in [-0.4, -0.2) is 6.61 Å². The van der Waals surface area contributed by atoms with E-state index in [0.717, 1.165) is 12.4 Å². The van der Waals surface area contributed by atoms with Crippen molar-refractivity contribution < 1.29 is 4.74 Å². The number of fused-ring (bicyclic) bond motifs is 1. The zero-order valence-electron chi connectivity index (χ0n) is 7.42. The van der Waals surface area contributed by atoms with E-state index in [-0.39, 0.29) is 0 Å². The van der Waals surface area contributed by atoms with E-state index in [0.29, 0.717) is 5.92 Å². The summed E-state index contributed by atoms with van der Waals surface area (Å²) in [5.41, 5.74) is 1.37. The Balaban J connectivity index is 2.39.